The topological polar surface area (TPSA) is 0 Å². The lowest BCUT2D eigenvalue weighted by Crippen LogP contribution is -1.99. The van der Waals surface area contributed by atoms with Gasteiger partial charge < -0.3 is 0 Å². The Morgan fingerprint density at radius 3 is 1.85 bits per heavy atom. The van der Waals surface area contributed by atoms with E-state index in [9.17, 15) is 0 Å². The van der Waals surface area contributed by atoms with Crippen LogP contribution in [0.2, 0.25) is 0 Å². The van der Waals surface area contributed by atoms with E-state index in [1.165, 1.54) is 46.1 Å². The van der Waals surface area contributed by atoms with Gasteiger partial charge in [-0.2, -0.15) is 0 Å². The summed E-state index contributed by atoms with van der Waals surface area (Å²) in [7, 11) is 0. The fourth-order valence-corrected chi connectivity index (χ4v) is 4.98. The molecule has 0 saturated heterocycles. The van der Waals surface area contributed by atoms with Crippen LogP contribution in [0.15, 0.2) is 54.6 Å². The molecule has 0 N–H and O–H groups in total. The van der Waals surface area contributed by atoms with E-state index in [4.69, 9.17) is 0 Å². The van der Waals surface area contributed by atoms with Crippen molar-refractivity contribution in [2.24, 2.45) is 0 Å². The van der Waals surface area contributed by atoms with Gasteiger partial charge in [-0.3, -0.25) is 0 Å². The average Bonchev–Trinajstić information content (AvgIpc) is 2.65. The van der Waals surface area contributed by atoms with Crippen molar-refractivity contribution in [3.05, 3.63) is 101 Å². The first-order valence-corrected chi connectivity index (χ1v) is 11.7. The van der Waals surface area contributed by atoms with Crippen molar-refractivity contribution >= 4 is 45.2 Å². The molecule has 140 valence electrons. The van der Waals surface area contributed by atoms with E-state index in [1.807, 2.05) is 0 Å². The molecule has 2 heteroatoms. The lowest BCUT2D eigenvalue weighted by molar-refractivity contribution is 0.931. The molecule has 0 atom stereocenters. The van der Waals surface area contributed by atoms with E-state index in [-0.39, 0.29) is 0 Å². The highest BCUT2D eigenvalue weighted by Gasteiger charge is 2.06. The molecule has 3 rings (SSSR count). The monoisotopic (exact) mass is 580 g/mol. The van der Waals surface area contributed by atoms with Gasteiger partial charge in [0.25, 0.3) is 0 Å². The highest BCUT2D eigenvalue weighted by atomic mass is 127. The summed E-state index contributed by atoms with van der Waals surface area (Å²) in [5, 5.41) is 0. The van der Waals surface area contributed by atoms with Crippen molar-refractivity contribution in [3.8, 4) is 0 Å². The molecule has 0 fully saturated rings. The Bertz CT molecular complexity index is 901. The first-order chi connectivity index (χ1) is 12.9. The van der Waals surface area contributed by atoms with Crippen molar-refractivity contribution < 1.29 is 0 Å². The van der Waals surface area contributed by atoms with Gasteiger partial charge in [0.1, 0.15) is 0 Å². The molecule has 3 aromatic rings. The maximum atomic E-state index is 2.50. The largest absolute Gasteiger partial charge is 0.0591 e. The van der Waals surface area contributed by atoms with Gasteiger partial charge in [0.05, 0.1) is 0 Å². The molecule has 0 bridgehead atoms. The Morgan fingerprint density at radius 2 is 1.19 bits per heavy atom. The third-order valence-electron chi connectivity index (χ3n) is 5.29. The molecule has 3 aromatic carbocycles. The van der Waals surface area contributed by atoms with E-state index in [1.54, 1.807) is 0 Å². The number of halogens is 2. The van der Waals surface area contributed by atoms with E-state index in [0.29, 0.717) is 0 Å². The van der Waals surface area contributed by atoms with E-state index >= 15 is 0 Å². The summed E-state index contributed by atoms with van der Waals surface area (Å²) in [5.74, 6) is 0. The predicted octanol–water partition coefficient (Wildman–Crippen LogP) is 7.39. The molecule has 0 amide bonds. The molecule has 0 aliphatic heterocycles. The van der Waals surface area contributed by atoms with Crippen molar-refractivity contribution in [1.29, 1.82) is 0 Å². The van der Waals surface area contributed by atoms with Gasteiger partial charge in [-0.25, -0.2) is 0 Å². The SMILES string of the molecule is Cc1ccc(CCc2ccc(CCc3cc(C)c(C)c(I)c3)c(I)c2)cc1. The summed E-state index contributed by atoms with van der Waals surface area (Å²) in [4.78, 5) is 0. The van der Waals surface area contributed by atoms with Gasteiger partial charge in [-0.15, -0.1) is 0 Å². The zero-order chi connectivity index (χ0) is 19.4. The fourth-order valence-electron chi connectivity index (χ4n) is 3.30. The van der Waals surface area contributed by atoms with E-state index in [0.717, 1.165) is 25.7 Å². The standard InChI is InChI=1S/C25H26I2/c1-17-4-6-20(7-5-17)8-9-21-10-12-23(25(27)15-21)13-11-22-14-18(2)19(3)24(26)16-22/h4-7,10,12,14-16H,8-9,11,13H2,1-3H3. The third kappa shape index (κ3) is 5.80. The summed E-state index contributed by atoms with van der Waals surface area (Å²) in [6.07, 6.45) is 4.43. The Labute approximate surface area is 191 Å². The van der Waals surface area contributed by atoms with Gasteiger partial charge in [0.2, 0.25) is 0 Å². The maximum Gasteiger partial charge on any atom is 0.0165 e. The van der Waals surface area contributed by atoms with Crippen LogP contribution < -0.4 is 0 Å². The van der Waals surface area contributed by atoms with Crippen molar-refractivity contribution in [2.45, 2.75) is 46.5 Å². The second-order valence-electron chi connectivity index (χ2n) is 7.43. The Kier molecular flexibility index (Phi) is 7.37. The van der Waals surface area contributed by atoms with Gasteiger partial charge in [0.15, 0.2) is 0 Å². The fraction of sp³-hybridized carbons (Fsp3) is 0.280. The smallest absolute Gasteiger partial charge is 0.0165 e. The third-order valence-corrected chi connectivity index (χ3v) is 7.41. The summed E-state index contributed by atoms with van der Waals surface area (Å²) < 4.78 is 2.77. The summed E-state index contributed by atoms with van der Waals surface area (Å²) >= 11 is 4.96. The number of benzene rings is 3. The Hall–Kier alpha value is -0.880. The summed E-state index contributed by atoms with van der Waals surface area (Å²) in [6, 6.07) is 20.6. The Balaban J connectivity index is 1.62. The number of aryl methyl sites for hydroxylation is 6. The molecule has 0 spiro atoms. The van der Waals surface area contributed by atoms with Crippen molar-refractivity contribution in [2.75, 3.05) is 0 Å². The van der Waals surface area contributed by atoms with Crippen LogP contribution in [0.5, 0.6) is 0 Å². The first-order valence-electron chi connectivity index (χ1n) is 9.51. The zero-order valence-electron chi connectivity index (χ0n) is 16.3. The molecule has 0 aliphatic rings. The van der Waals surface area contributed by atoms with Gasteiger partial charge in [0, 0.05) is 7.14 Å². The van der Waals surface area contributed by atoms with Crippen LogP contribution in [-0.4, -0.2) is 0 Å². The summed E-state index contributed by atoms with van der Waals surface area (Å²) in [5.41, 5.74) is 9.90. The van der Waals surface area contributed by atoms with Crippen LogP contribution in [0.4, 0.5) is 0 Å². The van der Waals surface area contributed by atoms with Crippen LogP contribution in [0.3, 0.4) is 0 Å². The second-order valence-corrected chi connectivity index (χ2v) is 9.76. The lowest BCUT2D eigenvalue weighted by Gasteiger charge is -2.10. The van der Waals surface area contributed by atoms with Crippen LogP contribution >= 0.6 is 45.2 Å². The highest BCUT2D eigenvalue weighted by Crippen LogP contribution is 2.22. The van der Waals surface area contributed by atoms with Crippen LogP contribution in [0, 0.1) is 27.9 Å². The van der Waals surface area contributed by atoms with E-state index in [2.05, 4.69) is 121 Å². The molecule has 0 heterocycles. The molecule has 0 aliphatic carbocycles. The average molecular weight is 580 g/mol. The van der Waals surface area contributed by atoms with Crippen LogP contribution in [-0.2, 0) is 25.7 Å². The lowest BCUT2D eigenvalue weighted by atomic mass is 9.98. The van der Waals surface area contributed by atoms with Crippen molar-refractivity contribution in [3.63, 3.8) is 0 Å². The number of hydrogen-bond donors (Lipinski definition) is 0. The minimum Gasteiger partial charge on any atom is -0.0591 e. The van der Waals surface area contributed by atoms with Crippen LogP contribution in [0.1, 0.15) is 38.9 Å². The minimum absolute atomic E-state index is 1.11. The molecule has 0 aromatic heterocycles. The summed E-state index contributed by atoms with van der Waals surface area (Å²) in [6.45, 7) is 6.57. The van der Waals surface area contributed by atoms with Crippen LogP contribution in [0.25, 0.3) is 0 Å². The van der Waals surface area contributed by atoms with Gasteiger partial charge in [-0.05, 0) is 137 Å². The number of rotatable bonds is 6. The normalized spacial score (nSPS) is 11.0. The Morgan fingerprint density at radius 1 is 0.593 bits per heavy atom. The zero-order valence-corrected chi connectivity index (χ0v) is 20.6. The predicted molar refractivity (Wildman–Crippen MR) is 134 cm³/mol. The molecular formula is C25H26I2. The van der Waals surface area contributed by atoms with E-state index < -0.39 is 0 Å². The van der Waals surface area contributed by atoms with Gasteiger partial charge in [-0.1, -0.05) is 48.0 Å². The quantitative estimate of drug-likeness (QED) is 0.267. The molecule has 0 unspecified atom stereocenters. The molecule has 27 heavy (non-hydrogen) atoms. The van der Waals surface area contributed by atoms with Crippen molar-refractivity contribution in [1.82, 2.24) is 0 Å². The minimum atomic E-state index is 1.11. The molecule has 0 nitrogen and oxygen atoms in total. The maximum absolute atomic E-state index is 2.50. The van der Waals surface area contributed by atoms with Gasteiger partial charge >= 0.3 is 0 Å². The molecule has 0 radical (unpaired) electrons. The highest BCUT2D eigenvalue weighted by molar-refractivity contribution is 14.1. The molecule has 0 saturated carbocycles. The first kappa shape index (κ1) is 20.8. The number of hydrogen-bond acceptors (Lipinski definition) is 0. The second kappa shape index (κ2) is 9.55. The molecular weight excluding hydrogens is 554 g/mol.